The van der Waals surface area contributed by atoms with Gasteiger partial charge in [-0.05, 0) is 54.2 Å². The zero-order chi connectivity index (χ0) is 18.5. The van der Waals surface area contributed by atoms with Crippen molar-refractivity contribution in [1.29, 1.82) is 5.26 Å². The zero-order valence-electron chi connectivity index (χ0n) is 14.1. The molecule has 26 heavy (non-hydrogen) atoms. The third-order valence-electron chi connectivity index (χ3n) is 4.36. The normalized spacial score (nSPS) is 14.0. The average molecular weight is 405 g/mol. The number of anilines is 1. The highest BCUT2D eigenvalue weighted by Crippen LogP contribution is 2.22. The highest BCUT2D eigenvalue weighted by molar-refractivity contribution is 7.80. The van der Waals surface area contributed by atoms with Gasteiger partial charge < -0.3 is 15.1 Å². The minimum absolute atomic E-state index is 0.549. The molecule has 2 aromatic rings. The van der Waals surface area contributed by atoms with Crippen LogP contribution in [0, 0.1) is 11.3 Å². The lowest BCUT2D eigenvalue weighted by Crippen LogP contribution is -2.51. The summed E-state index contributed by atoms with van der Waals surface area (Å²) in [4.78, 5) is 4.48. The fourth-order valence-corrected chi connectivity index (χ4v) is 3.43. The molecule has 4 nitrogen and oxygen atoms in total. The van der Waals surface area contributed by atoms with E-state index in [1.807, 2.05) is 36.4 Å². The van der Waals surface area contributed by atoms with E-state index in [-0.39, 0.29) is 0 Å². The first kappa shape index (κ1) is 18.8. The van der Waals surface area contributed by atoms with E-state index in [1.165, 1.54) is 0 Å². The molecule has 0 amide bonds. The smallest absolute Gasteiger partial charge is 0.169 e. The van der Waals surface area contributed by atoms with Gasteiger partial charge in [0, 0.05) is 38.4 Å². The number of rotatable bonds is 3. The SMILES string of the molecule is N#Cc1ccc(N2CCN(C(=S)NCc3ccc(Cl)c(Cl)c3)CC2)cc1. The van der Waals surface area contributed by atoms with Crippen LogP contribution in [-0.2, 0) is 6.54 Å². The minimum atomic E-state index is 0.549. The van der Waals surface area contributed by atoms with Crippen LogP contribution < -0.4 is 10.2 Å². The van der Waals surface area contributed by atoms with Gasteiger partial charge in [-0.1, -0.05) is 29.3 Å². The van der Waals surface area contributed by atoms with Crippen LogP contribution in [0.15, 0.2) is 42.5 Å². The summed E-state index contributed by atoms with van der Waals surface area (Å²) in [6, 6.07) is 15.4. The van der Waals surface area contributed by atoms with Gasteiger partial charge >= 0.3 is 0 Å². The van der Waals surface area contributed by atoms with E-state index >= 15 is 0 Å². The Balaban J connectivity index is 1.50. The number of nitrogens with one attached hydrogen (secondary N) is 1. The topological polar surface area (TPSA) is 42.3 Å². The molecule has 3 rings (SSSR count). The van der Waals surface area contributed by atoms with Crippen LogP contribution in [0.4, 0.5) is 5.69 Å². The first-order valence-corrected chi connectivity index (χ1v) is 9.45. The number of halogens is 2. The summed E-state index contributed by atoms with van der Waals surface area (Å²) in [6.45, 7) is 4.10. The minimum Gasteiger partial charge on any atom is -0.368 e. The van der Waals surface area contributed by atoms with Gasteiger partial charge in [0.15, 0.2) is 5.11 Å². The van der Waals surface area contributed by atoms with Gasteiger partial charge in [-0.15, -0.1) is 0 Å². The summed E-state index contributed by atoms with van der Waals surface area (Å²) in [5.74, 6) is 0. The van der Waals surface area contributed by atoms with E-state index in [4.69, 9.17) is 40.7 Å². The van der Waals surface area contributed by atoms with Crippen molar-refractivity contribution >= 4 is 46.2 Å². The summed E-state index contributed by atoms with van der Waals surface area (Å²) in [6.07, 6.45) is 0. The molecule has 0 aromatic heterocycles. The third kappa shape index (κ3) is 4.59. The maximum absolute atomic E-state index is 8.89. The summed E-state index contributed by atoms with van der Waals surface area (Å²) in [5, 5.41) is 14.0. The zero-order valence-corrected chi connectivity index (χ0v) is 16.4. The Hall–Kier alpha value is -2.00. The predicted molar refractivity (Wildman–Crippen MR) is 111 cm³/mol. The molecule has 0 unspecified atom stereocenters. The molecule has 1 heterocycles. The molecule has 7 heteroatoms. The van der Waals surface area contributed by atoms with Crippen molar-refractivity contribution in [3.8, 4) is 6.07 Å². The summed E-state index contributed by atoms with van der Waals surface area (Å²) < 4.78 is 0. The quantitative estimate of drug-likeness (QED) is 0.781. The summed E-state index contributed by atoms with van der Waals surface area (Å²) >= 11 is 17.5. The highest BCUT2D eigenvalue weighted by Gasteiger charge is 2.19. The van der Waals surface area contributed by atoms with Crippen molar-refractivity contribution in [1.82, 2.24) is 10.2 Å². The Morgan fingerprint density at radius 1 is 1.04 bits per heavy atom. The van der Waals surface area contributed by atoms with Crippen LogP contribution in [0.1, 0.15) is 11.1 Å². The van der Waals surface area contributed by atoms with Crippen LogP contribution in [0.25, 0.3) is 0 Å². The molecule has 0 saturated carbocycles. The van der Waals surface area contributed by atoms with Gasteiger partial charge in [0.25, 0.3) is 0 Å². The maximum atomic E-state index is 8.89. The molecule has 0 atom stereocenters. The highest BCUT2D eigenvalue weighted by atomic mass is 35.5. The second-order valence-electron chi connectivity index (χ2n) is 6.04. The van der Waals surface area contributed by atoms with Gasteiger partial charge in [0.05, 0.1) is 21.7 Å². The molecule has 2 aromatic carbocycles. The van der Waals surface area contributed by atoms with Gasteiger partial charge in [-0.25, -0.2) is 0 Å². The fourth-order valence-electron chi connectivity index (χ4n) is 2.85. The first-order chi connectivity index (χ1) is 12.6. The number of benzene rings is 2. The number of hydrogen-bond acceptors (Lipinski definition) is 3. The van der Waals surface area contributed by atoms with Gasteiger partial charge in [0.2, 0.25) is 0 Å². The molecule has 0 aliphatic carbocycles. The number of thiocarbonyl (C=S) groups is 1. The number of nitriles is 1. The van der Waals surface area contributed by atoms with Crippen molar-refractivity contribution in [2.45, 2.75) is 6.54 Å². The molecular formula is C19H18Cl2N4S. The van der Waals surface area contributed by atoms with Gasteiger partial charge in [0.1, 0.15) is 0 Å². The van der Waals surface area contributed by atoms with Crippen molar-refractivity contribution in [2.24, 2.45) is 0 Å². The molecule has 134 valence electrons. The van der Waals surface area contributed by atoms with Crippen LogP contribution in [0.3, 0.4) is 0 Å². The largest absolute Gasteiger partial charge is 0.368 e. The lowest BCUT2D eigenvalue weighted by atomic mass is 10.2. The standard InChI is InChI=1S/C19H18Cl2N4S/c20-17-6-3-15(11-18(17)21)13-23-19(26)25-9-7-24(8-10-25)16-4-1-14(12-22)2-5-16/h1-6,11H,7-10,13H2,(H,23,26). The third-order valence-corrected chi connectivity index (χ3v) is 5.50. The second kappa shape index (κ2) is 8.59. The Kier molecular flexibility index (Phi) is 6.20. The molecule has 0 bridgehead atoms. The summed E-state index contributed by atoms with van der Waals surface area (Å²) in [5.41, 5.74) is 2.86. The van der Waals surface area contributed by atoms with E-state index in [9.17, 15) is 0 Å². The Morgan fingerprint density at radius 3 is 2.35 bits per heavy atom. The van der Waals surface area contributed by atoms with Gasteiger partial charge in [-0.2, -0.15) is 5.26 Å². The van der Waals surface area contributed by atoms with E-state index in [1.54, 1.807) is 6.07 Å². The lowest BCUT2D eigenvalue weighted by molar-refractivity contribution is 0.380. The molecule has 0 spiro atoms. The van der Waals surface area contributed by atoms with Crippen LogP contribution in [0.5, 0.6) is 0 Å². The van der Waals surface area contributed by atoms with E-state index in [0.29, 0.717) is 22.2 Å². The molecule has 1 saturated heterocycles. The predicted octanol–water partition coefficient (Wildman–Crippen LogP) is 4.06. The lowest BCUT2D eigenvalue weighted by Gasteiger charge is -2.37. The average Bonchev–Trinajstić information content (AvgIpc) is 2.69. The Labute approximate surface area is 168 Å². The monoisotopic (exact) mass is 404 g/mol. The molecule has 1 aliphatic heterocycles. The number of piperazine rings is 1. The van der Waals surface area contributed by atoms with Crippen LogP contribution in [-0.4, -0.2) is 36.2 Å². The number of hydrogen-bond donors (Lipinski definition) is 1. The molecule has 1 N–H and O–H groups in total. The Bertz CT molecular complexity index is 824. The van der Waals surface area contributed by atoms with Crippen molar-refractivity contribution in [3.05, 3.63) is 63.6 Å². The van der Waals surface area contributed by atoms with E-state index < -0.39 is 0 Å². The van der Waals surface area contributed by atoms with Crippen molar-refractivity contribution in [2.75, 3.05) is 31.1 Å². The molecule has 0 radical (unpaired) electrons. The first-order valence-electron chi connectivity index (χ1n) is 8.28. The van der Waals surface area contributed by atoms with Gasteiger partial charge in [-0.3, -0.25) is 0 Å². The maximum Gasteiger partial charge on any atom is 0.169 e. The molecular weight excluding hydrogens is 387 g/mol. The van der Waals surface area contributed by atoms with Crippen molar-refractivity contribution in [3.63, 3.8) is 0 Å². The molecule has 1 fully saturated rings. The second-order valence-corrected chi connectivity index (χ2v) is 7.24. The fraction of sp³-hybridized carbons (Fsp3) is 0.263. The Morgan fingerprint density at radius 2 is 1.73 bits per heavy atom. The molecule has 1 aliphatic rings. The van der Waals surface area contributed by atoms with E-state index in [2.05, 4.69) is 21.2 Å². The van der Waals surface area contributed by atoms with E-state index in [0.717, 1.165) is 42.5 Å². The van der Waals surface area contributed by atoms with Crippen LogP contribution in [0.2, 0.25) is 10.0 Å². The summed E-state index contributed by atoms with van der Waals surface area (Å²) in [7, 11) is 0. The van der Waals surface area contributed by atoms with Crippen LogP contribution >= 0.6 is 35.4 Å². The van der Waals surface area contributed by atoms with Crippen molar-refractivity contribution < 1.29 is 0 Å². The number of nitrogens with zero attached hydrogens (tertiary/aromatic N) is 3.